The number of urea groups is 1. The van der Waals surface area contributed by atoms with E-state index >= 15 is 0 Å². The zero-order chi connectivity index (χ0) is 26.2. The number of hydrogen-bond acceptors (Lipinski definition) is 5. The Balaban J connectivity index is 1.70. The zero-order valence-electron chi connectivity index (χ0n) is 21.3. The van der Waals surface area contributed by atoms with Crippen LogP contribution in [0.15, 0.2) is 42.5 Å². The number of rotatable bonds is 10. The second-order valence-corrected chi connectivity index (χ2v) is 9.44. The number of carbonyl (C=O) groups excluding carboxylic acids is 2. The van der Waals surface area contributed by atoms with Crippen LogP contribution in [-0.4, -0.2) is 54.2 Å². The highest BCUT2D eigenvalue weighted by atomic mass is 16.5. The molecule has 0 aliphatic carbocycles. The summed E-state index contributed by atoms with van der Waals surface area (Å²) in [6, 6.07) is 12.4. The van der Waals surface area contributed by atoms with Crippen LogP contribution >= 0.6 is 0 Å². The summed E-state index contributed by atoms with van der Waals surface area (Å²) >= 11 is 0. The van der Waals surface area contributed by atoms with Crippen LogP contribution in [-0.2, 0) is 9.59 Å². The first-order valence-corrected chi connectivity index (χ1v) is 12.2. The van der Waals surface area contributed by atoms with Gasteiger partial charge in [-0.05, 0) is 68.5 Å². The average Bonchev–Trinajstić information content (AvgIpc) is 3.28. The number of aryl methyl sites for hydroxylation is 1. The van der Waals surface area contributed by atoms with Gasteiger partial charge in [0.15, 0.2) is 0 Å². The van der Waals surface area contributed by atoms with Gasteiger partial charge in [0.05, 0.1) is 25.3 Å². The predicted octanol–water partition coefficient (Wildman–Crippen LogP) is 4.40. The normalized spacial score (nSPS) is 17.2. The number of carboxylic acids is 1. The van der Waals surface area contributed by atoms with E-state index in [1.807, 2.05) is 50.2 Å². The number of hydrogen-bond donors (Lipinski definition) is 4. The molecule has 36 heavy (non-hydrogen) atoms. The van der Waals surface area contributed by atoms with Gasteiger partial charge in [-0.2, -0.15) is 0 Å². The summed E-state index contributed by atoms with van der Waals surface area (Å²) < 4.78 is 5.55. The van der Waals surface area contributed by atoms with Gasteiger partial charge in [0.25, 0.3) is 0 Å². The Morgan fingerprint density at radius 1 is 1.14 bits per heavy atom. The smallest absolute Gasteiger partial charge is 0.323 e. The molecule has 1 aliphatic rings. The second kappa shape index (κ2) is 12.4. The molecule has 1 aliphatic heterocycles. The minimum Gasteiger partial charge on any atom is -0.495 e. The van der Waals surface area contributed by atoms with Crippen LogP contribution in [0, 0.1) is 12.8 Å². The largest absolute Gasteiger partial charge is 0.495 e. The Hall–Kier alpha value is -3.59. The molecule has 0 saturated carbocycles. The van der Waals surface area contributed by atoms with Gasteiger partial charge in [-0.3, -0.25) is 14.5 Å². The molecule has 1 fully saturated rings. The number of nitrogens with zero attached hydrogens (tertiary/aromatic N) is 1. The molecule has 9 heteroatoms. The molecule has 1 saturated heterocycles. The Morgan fingerprint density at radius 2 is 1.86 bits per heavy atom. The van der Waals surface area contributed by atoms with E-state index in [0.29, 0.717) is 17.4 Å². The first kappa shape index (κ1) is 27.0. The molecule has 0 spiro atoms. The van der Waals surface area contributed by atoms with E-state index in [4.69, 9.17) is 9.84 Å². The second-order valence-electron chi connectivity index (χ2n) is 9.44. The summed E-state index contributed by atoms with van der Waals surface area (Å²) in [6.07, 6.45) is 1.78. The summed E-state index contributed by atoms with van der Waals surface area (Å²) in [6.45, 7) is 6.98. The van der Waals surface area contributed by atoms with Gasteiger partial charge in [-0.15, -0.1) is 0 Å². The number of carboxylic acid groups (broad SMARTS) is 1. The lowest BCUT2D eigenvalue weighted by Gasteiger charge is -2.25. The Morgan fingerprint density at radius 3 is 2.53 bits per heavy atom. The maximum absolute atomic E-state index is 12.6. The first-order chi connectivity index (χ1) is 17.2. The van der Waals surface area contributed by atoms with Crippen molar-refractivity contribution in [1.29, 1.82) is 0 Å². The van der Waals surface area contributed by atoms with Crippen LogP contribution in [0.2, 0.25) is 0 Å². The standard InChI is InChI=1S/C27H36N4O5/c1-17-7-5-6-8-22(17)29-27(35)30-23-10-9-21(15-25(23)36-4)24(28-19(3)32)14-20-11-12-31(16-20)18(2)13-26(33)34/h5-10,15,18,20,24H,11-14,16H2,1-4H3,(H,28,32)(H,33,34)(H2,29,30,35). The molecule has 9 nitrogen and oxygen atoms in total. The Kier molecular flexibility index (Phi) is 9.30. The molecule has 3 atom stereocenters. The number of amides is 3. The molecule has 194 valence electrons. The number of nitrogens with one attached hydrogen (secondary N) is 3. The number of para-hydroxylation sites is 1. The molecule has 3 amide bonds. The van der Waals surface area contributed by atoms with E-state index in [1.54, 1.807) is 6.07 Å². The summed E-state index contributed by atoms with van der Waals surface area (Å²) in [7, 11) is 1.54. The highest BCUT2D eigenvalue weighted by Gasteiger charge is 2.30. The number of ether oxygens (including phenoxy) is 1. The first-order valence-electron chi connectivity index (χ1n) is 12.2. The van der Waals surface area contributed by atoms with E-state index in [9.17, 15) is 14.4 Å². The lowest BCUT2D eigenvalue weighted by molar-refractivity contribution is -0.138. The van der Waals surface area contributed by atoms with Crippen molar-refractivity contribution >= 4 is 29.3 Å². The molecule has 2 aromatic carbocycles. The molecular weight excluding hydrogens is 460 g/mol. The average molecular weight is 497 g/mol. The van der Waals surface area contributed by atoms with Crippen molar-refractivity contribution in [3.05, 3.63) is 53.6 Å². The Bertz CT molecular complexity index is 1090. The van der Waals surface area contributed by atoms with Crippen LogP contribution in [0.4, 0.5) is 16.2 Å². The fourth-order valence-corrected chi connectivity index (χ4v) is 4.71. The lowest BCUT2D eigenvalue weighted by atomic mass is 9.93. The summed E-state index contributed by atoms with van der Waals surface area (Å²) in [5.74, 6) is -0.115. The monoisotopic (exact) mass is 496 g/mol. The molecule has 0 radical (unpaired) electrons. The van der Waals surface area contributed by atoms with Gasteiger partial charge in [-0.1, -0.05) is 24.3 Å². The number of aliphatic carboxylic acids is 1. The topological polar surface area (TPSA) is 120 Å². The maximum atomic E-state index is 12.6. The fraction of sp³-hybridized carbons (Fsp3) is 0.444. The molecule has 2 aromatic rings. The zero-order valence-corrected chi connectivity index (χ0v) is 21.3. The van der Waals surface area contributed by atoms with E-state index < -0.39 is 5.97 Å². The summed E-state index contributed by atoms with van der Waals surface area (Å²) in [5.41, 5.74) is 3.07. The third-order valence-corrected chi connectivity index (χ3v) is 6.63. The highest BCUT2D eigenvalue weighted by Crippen LogP contribution is 2.33. The minimum absolute atomic E-state index is 0.0250. The van der Waals surface area contributed by atoms with Gasteiger partial charge in [0.1, 0.15) is 5.75 Å². The van der Waals surface area contributed by atoms with Crippen molar-refractivity contribution in [2.24, 2.45) is 5.92 Å². The van der Waals surface area contributed by atoms with Gasteiger partial charge in [0, 0.05) is 25.2 Å². The maximum Gasteiger partial charge on any atom is 0.323 e. The van der Waals surface area contributed by atoms with Crippen molar-refractivity contribution in [2.75, 3.05) is 30.8 Å². The van der Waals surface area contributed by atoms with E-state index in [0.717, 1.165) is 42.7 Å². The predicted molar refractivity (Wildman–Crippen MR) is 139 cm³/mol. The quantitative estimate of drug-likeness (QED) is 0.387. The van der Waals surface area contributed by atoms with Crippen LogP contribution < -0.4 is 20.7 Å². The van der Waals surface area contributed by atoms with Crippen molar-refractivity contribution in [1.82, 2.24) is 10.2 Å². The van der Waals surface area contributed by atoms with Crippen molar-refractivity contribution in [3.8, 4) is 5.75 Å². The van der Waals surface area contributed by atoms with E-state index in [-0.39, 0.29) is 30.4 Å². The van der Waals surface area contributed by atoms with Crippen molar-refractivity contribution in [3.63, 3.8) is 0 Å². The van der Waals surface area contributed by atoms with Gasteiger partial charge >= 0.3 is 12.0 Å². The molecule has 4 N–H and O–H groups in total. The molecule has 3 unspecified atom stereocenters. The molecular formula is C27H36N4O5. The third kappa shape index (κ3) is 7.45. The summed E-state index contributed by atoms with van der Waals surface area (Å²) in [4.78, 5) is 37.8. The van der Waals surface area contributed by atoms with Gasteiger partial charge in [-0.25, -0.2) is 4.79 Å². The number of carbonyl (C=O) groups is 3. The number of benzene rings is 2. The highest BCUT2D eigenvalue weighted by molar-refractivity contribution is 6.01. The van der Waals surface area contributed by atoms with E-state index in [1.165, 1.54) is 14.0 Å². The number of anilines is 2. The molecule has 0 bridgehead atoms. The van der Waals surface area contributed by atoms with Crippen molar-refractivity contribution < 1.29 is 24.2 Å². The van der Waals surface area contributed by atoms with Gasteiger partial charge in [0.2, 0.25) is 5.91 Å². The minimum atomic E-state index is -0.796. The Labute approximate surface area is 212 Å². The van der Waals surface area contributed by atoms with Crippen LogP contribution in [0.25, 0.3) is 0 Å². The molecule has 1 heterocycles. The van der Waals surface area contributed by atoms with Crippen LogP contribution in [0.5, 0.6) is 5.75 Å². The SMILES string of the molecule is COc1cc(C(CC2CCN(C(C)CC(=O)O)C2)NC(C)=O)ccc1NC(=O)Nc1ccccc1C. The van der Waals surface area contributed by atoms with Crippen molar-refractivity contribution in [2.45, 2.75) is 52.1 Å². The van der Waals surface area contributed by atoms with Gasteiger partial charge < -0.3 is 25.8 Å². The van der Waals surface area contributed by atoms with Crippen LogP contribution in [0.1, 0.15) is 50.3 Å². The molecule has 0 aromatic heterocycles. The summed E-state index contributed by atoms with van der Waals surface area (Å²) in [5, 5.41) is 17.8. The number of methoxy groups -OCH3 is 1. The van der Waals surface area contributed by atoms with Crippen LogP contribution in [0.3, 0.4) is 0 Å². The third-order valence-electron chi connectivity index (χ3n) is 6.63. The lowest BCUT2D eigenvalue weighted by Crippen LogP contribution is -2.33. The fourth-order valence-electron chi connectivity index (χ4n) is 4.71. The number of likely N-dealkylation sites (tertiary alicyclic amines) is 1. The molecule has 3 rings (SSSR count). The van der Waals surface area contributed by atoms with E-state index in [2.05, 4.69) is 20.9 Å².